The van der Waals surface area contributed by atoms with Gasteiger partial charge in [0.2, 0.25) is 17.8 Å². The summed E-state index contributed by atoms with van der Waals surface area (Å²) in [5.74, 6) is 0.125. The number of aromatic nitrogens is 3. The van der Waals surface area contributed by atoms with Crippen molar-refractivity contribution in [3.63, 3.8) is 0 Å². The Bertz CT molecular complexity index is 175. The number of hydrogen-bond donors (Lipinski definition) is 3. The third kappa shape index (κ3) is 3.35. The van der Waals surface area contributed by atoms with Crippen LogP contribution in [0.15, 0.2) is 0 Å². The summed E-state index contributed by atoms with van der Waals surface area (Å²) in [7, 11) is 0. The highest BCUT2D eigenvalue weighted by atomic mass is 28.1. The van der Waals surface area contributed by atoms with Crippen molar-refractivity contribution in [1.29, 1.82) is 0 Å². The Hall–Kier alpha value is -1.37. The lowest BCUT2D eigenvalue weighted by Gasteiger charge is -1.93. The maximum Gasteiger partial charge on any atom is 0.226 e. The molecule has 60 valence electrons. The minimum atomic E-state index is 0. The highest BCUT2D eigenvalue weighted by molar-refractivity contribution is 5.75. The fourth-order valence-corrected chi connectivity index (χ4v) is 0.427. The van der Waals surface area contributed by atoms with E-state index in [1.54, 1.807) is 0 Å². The number of nitrogen functional groups attached to an aromatic ring is 3. The molecule has 1 aromatic rings. The smallest absolute Gasteiger partial charge is 0.226 e. The van der Waals surface area contributed by atoms with Gasteiger partial charge in [0.15, 0.2) is 0 Å². The summed E-state index contributed by atoms with van der Waals surface area (Å²) in [5.41, 5.74) is 15.4. The van der Waals surface area contributed by atoms with Gasteiger partial charge in [-0.15, -0.1) is 0 Å². The van der Waals surface area contributed by atoms with E-state index in [0.717, 1.165) is 0 Å². The molecule has 1 rings (SSSR count). The summed E-state index contributed by atoms with van der Waals surface area (Å²) >= 11 is 0. The van der Waals surface area contributed by atoms with Gasteiger partial charge in [0.05, 0.1) is 0 Å². The highest BCUT2D eigenvalue weighted by Gasteiger charge is 1.93. The monoisotopic (exact) mass is 170 g/mol. The second-order valence-corrected chi connectivity index (χ2v) is 1.41. The van der Waals surface area contributed by atoms with Crippen molar-refractivity contribution in [1.82, 2.24) is 15.0 Å². The second-order valence-electron chi connectivity index (χ2n) is 1.41. The van der Waals surface area contributed by atoms with E-state index < -0.39 is 0 Å². The summed E-state index contributed by atoms with van der Waals surface area (Å²) in [5, 5.41) is 0. The predicted octanol–water partition coefficient (Wildman–Crippen LogP) is -1.13. The zero-order chi connectivity index (χ0) is 6.85. The minimum Gasteiger partial charge on any atom is -0.368 e. The SMILES string of the molecule is C.Nc1nc(N)nc(N)n1.[Si]. The second kappa shape index (κ2) is 4.44. The standard InChI is InChI=1S/C3H6N6.CH4.Si/c4-1-7-2(5)9-3(6)8-1;;/h(H6,4,5,6,7,8,9);1H4;. The van der Waals surface area contributed by atoms with Crippen LogP contribution in [0.5, 0.6) is 0 Å². The molecule has 7 heteroatoms. The lowest BCUT2D eigenvalue weighted by molar-refractivity contribution is 1.09. The van der Waals surface area contributed by atoms with E-state index in [1.807, 2.05) is 0 Å². The molecule has 4 radical (unpaired) electrons. The van der Waals surface area contributed by atoms with Gasteiger partial charge in [0.25, 0.3) is 0 Å². The third-order valence-electron chi connectivity index (χ3n) is 0.687. The van der Waals surface area contributed by atoms with Crippen LogP contribution in [-0.2, 0) is 0 Å². The number of nitrogens with two attached hydrogens (primary N) is 3. The molecule has 0 atom stereocenters. The van der Waals surface area contributed by atoms with Crippen molar-refractivity contribution in [3.8, 4) is 0 Å². The molecule has 0 saturated carbocycles. The van der Waals surface area contributed by atoms with Gasteiger partial charge in [-0.05, 0) is 0 Å². The van der Waals surface area contributed by atoms with Crippen molar-refractivity contribution in [2.75, 3.05) is 17.2 Å². The lowest BCUT2D eigenvalue weighted by atomic mass is 10.9. The van der Waals surface area contributed by atoms with Crippen molar-refractivity contribution >= 4 is 28.8 Å². The molecule has 0 aromatic carbocycles. The van der Waals surface area contributed by atoms with Crippen molar-refractivity contribution in [2.45, 2.75) is 7.43 Å². The van der Waals surface area contributed by atoms with Gasteiger partial charge < -0.3 is 17.2 Å². The molecule has 0 amide bonds. The van der Waals surface area contributed by atoms with Gasteiger partial charge in [0.1, 0.15) is 0 Å². The lowest BCUT2D eigenvalue weighted by Crippen LogP contribution is -2.05. The Balaban J connectivity index is 0. The van der Waals surface area contributed by atoms with Crippen LogP contribution in [0.3, 0.4) is 0 Å². The molecule has 1 heterocycles. The van der Waals surface area contributed by atoms with Crippen LogP contribution in [0.25, 0.3) is 0 Å². The molecule has 0 bridgehead atoms. The molecular weight excluding hydrogens is 160 g/mol. The Morgan fingerprint density at radius 3 is 1.09 bits per heavy atom. The van der Waals surface area contributed by atoms with E-state index in [1.165, 1.54) is 0 Å². The Labute approximate surface area is 69.3 Å². The molecule has 0 spiro atoms. The summed E-state index contributed by atoms with van der Waals surface area (Å²) in [6.45, 7) is 0. The fraction of sp³-hybridized carbons (Fsp3) is 0.250. The van der Waals surface area contributed by atoms with Crippen LogP contribution in [0, 0.1) is 0 Å². The van der Waals surface area contributed by atoms with E-state index in [9.17, 15) is 0 Å². The fourth-order valence-electron chi connectivity index (χ4n) is 0.427. The average molecular weight is 170 g/mol. The zero-order valence-electron chi connectivity index (χ0n) is 5.07. The quantitative estimate of drug-likeness (QED) is 0.424. The number of anilines is 3. The average Bonchev–Trinajstić information content (AvgIpc) is 1.59. The molecule has 0 aliphatic heterocycles. The van der Waals surface area contributed by atoms with Crippen LogP contribution in [0.2, 0.25) is 0 Å². The molecule has 0 aliphatic rings. The Morgan fingerprint density at radius 2 is 0.909 bits per heavy atom. The third-order valence-corrected chi connectivity index (χ3v) is 0.687. The number of nitrogens with zero attached hydrogens (tertiary/aromatic N) is 3. The summed E-state index contributed by atoms with van der Waals surface area (Å²) in [6, 6.07) is 0. The topological polar surface area (TPSA) is 117 Å². The molecule has 0 unspecified atom stereocenters. The largest absolute Gasteiger partial charge is 0.368 e. The van der Waals surface area contributed by atoms with Gasteiger partial charge in [0, 0.05) is 11.0 Å². The summed E-state index contributed by atoms with van der Waals surface area (Å²) < 4.78 is 0. The molecule has 11 heavy (non-hydrogen) atoms. The normalized spacial score (nSPS) is 7.64. The molecule has 6 N–H and O–H groups in total. The van der Waals surface area contributed by atoms with Gasteiger partial charge in [-0.1, -0.05) is 7.43 Å². The first kappa shape index (κ1) is 12.3. The first-order valence-corrected chi connectivity index (χ1v) is 2.21. The molecule has 0 saturated heterocycles. The maximum atomic E-state index is 5.14. The summed E-state index contributed by atoms with van der Waals surface area (Å²) in [6.07, 6.45) is 0. The molecule has 1 aromatic heterocycles. The molecular formula is C4H10N6Si. The van der Waals surface area contributed by atoms with Crippen molar-refractivity contribution in [2.24, 2.45) is 0 Å². The van der Waals surface area contributed by atoms with Crippen LogP contribution in [0.4, 0.5) is 17.8 Å². The summed E-state index contributed by atoms with van der Waals surface area (Å²) in [4.78, 5) is 10.5. The predicted molar refractivity (Wildman–Crippen MR) is 45.5 cm³/mol. The van der Waals surface area contributed by atoms with Crippen molar-refractivity contribution < 1.29 is 0 Å². The first-order chi connectivity index (χ1) is 4.18. The van der Waals surface area contributed by atoms with E-state index in [4.69, 9.17) is 17.2 Å². The van der Waals surface area contributed by atoms with E-state index in [2.05, 4.69) is 15.0 Å². The number of hydrogen-bond acceptors (Lipinski definition) is 6. The molecule has 6 nitrogen and oxygen atoms in total. The highest BCUT2D eigenvalue weighted by Crippen LogP contribution is 1.97. The van der Waals surface area contributed by atoms with Crippen LogP contribution in [0.1, 0.15) is 7.43 Å². The Morgan fingerprint density at radius 1 is 0.727 bits per heavy atom. The van der Waals surface area contributed by atoms with Gasteiger partial charge in [-0.25, -0.2) is 0 Å². The maximum absolute atomic E-state index is 5.14. The van der Waals surface area contributed by atoms with Gasteiger partial charge in [-0.2, -0.15) is 15.0 Å². The molecule has 0 aliphatic carbocycles. The first-order valence-electron chi connectivity index (χ1n) is 2.21. The molecule has 0 fully saturated rings. The minimum absolute atomic E-state index is 0. The Kier molecular flexibility index (Phi) is 4.98. The van der Waals surface area contributed by atoms with E-state index in [-0.39, 0.29) is 36.2 Å². The van der Waals surface area contributed by atoms with Gasteiger partial charge in [-0.3, -0.25) is 0 Å². The van der Waals surface area contributed by atoms with Crippen molar-refractivity contribution in [3.05, 3.63) is 0 Å². The van der Waals surface area contributed by atoms with Crippen LogP contribution < -0.4 is 17.2 Å². The zero-order valence-corrected chi connectivity index (χ0v) is 6.07. The van der Waals surface area contributed by atoms with Crippen LogP contribution in [-0.4, -0.2) is 25.9 Å². The van der Waals surface area contributed by atoms with Gasteiger partial charge >= 0.3 is 0 Å². The number of rotatable bonds is 0. The van der Waals surface area contributed by atoms with E-state index >= 15 is 0 Å². The van der Waals surface area contributed by atoms with Crippen LogP contribution >= 0.6 is 0 Å². The van der Waals surface area contributed by atoms with E-state index in [0.29, 0.717) is 0 Å².